The zero-order valence-electron chi connectivity index (χ0n) is 13.3. The van der Waals surface area contributed by atoms with Crippen molar-refractivity contribution in [2.75, 3.05) is 31.1 Å². The predicted molar refractivity (Wildman–Crippen MR) is 90.3 cm³/mol. The van der Waals surface area contributed by atoms with Crippen molar-refractivity contribution < 1.29 is 14.7 Å². The highest BCUT2D eigenvalue weighted by atomic mass is 35.5. The lowest BCUT2D eigenvalue weighted by Gasteiger charge is -2.31. The highest BCUT2D eigenvalue weighted by Crippen LogP contribution is 2.26. The van der Waals surface area contributed by atoms with Gasteiger partial charge in [-0.05, 0) is 31.4 Å². The van der Waals surface area contributed by atoms with Crippen molar-refractivity contribution in [3.63, 3.8) is 0 Å². The van der Waals surface area contributed by atoms with Crippen LogP contribution in [0.5, 0.6) is 0 Å². The van der Waals surface area contributed by atoms with E-state index in [0.717, 1.165) is 18.8 Å². The van der Waals surface area contributed by atoms with Crippen molar-refractivity contribution in [2.24, 2.45) is 5.92 Å². The molecule has 0 bridgehead atoms. The fourth-order valence-electron chi connectivity index (χ4n) is 3.28. The lowest BCUT2D eigenvalue weighted by Crippen LogP contribution is -2.49. The molecule has 2 aliphatic rings. The van der Waals surface area contributed by atoms with Crippen molar-refractivity contribution in [3.8, 4) is 0 Å². The molecule has 1 aromatic heterocycles. The number of nitrogens with one attached hydrogen (secondary N) is 1. The van der Waals surface area contributed by atoms with Crippen molar-refractivity contribution in [3.05, 3.63) is 23.4 Å². The Morgan fingerprint density at radius 1 is 1.25 bits per heavy atom. The average molecular weight is 353 g/mol. The zero-order chi connectivity index (χ0) is 17.1. The van der Waals surface area contributed by atoms with Gasteiger partial charge in [-0.1, -0.05) is 11.6 Å². The molecule has 0 aliphatic carbocycles. The van der Waals surface area contributed by atoms with Gasteiger partial charge in [0.1, 0.15) is 5.82 Å². The van der Waals surface area contributed by atoms with Crippen LogP contribution in [-0.2, 0) is 4.79 Å². The average Bonchev–Trinajstić information content (AvgIpc) is 3.03. The van der Waals surface area contributed by atoms with Gasteiger partial charge in [-0.3, -0.25) is 4.79 Å². The number of urea groups is 1. The van der Waals surface area contributed by atoms with Crippen LogP contribution in [-0.4, -0.2) is 59.2 Å². The van der Waals surface area contributed by atoms with Gasteiger partial charge in [0, 0.05) is 38.4 Å². The van der Waals surface area contributed by atoms with E-state index in [1.54, 1.807) is 17.2 Å². The number of aromatic nitrogens is 1. The summed E-state index contributed by atoms with van der Waals surface area (Å²) in [6.45, 7) is 2.45. The lowest BCUT2D eigenvalue weighted by molar-refractivity contribution is -0.143. The monoisotopic (exact) mass is 352 g/mol. The Balaban J connectivity index is 1.50. The molecule has 24 heavy (non-hydrogen) atoms. The smallest absolute Gasteiger partial charge is 0.317 e. The molecule has 3 rings (SSSR count). The topological polar surface area (TPSA) is 85.8 Å². The summed E-state index contributed by atoms with van der Waals surface area (Å²) in [5.41, 5.74) is 0. The Kier molecular flexibility index (Phi) is 5.08. The summed E-state index contributed by atoms with van der Waals surface area (Å²) >= 11 is 6.17. The van der Waals surface area contributed by atoms with Gasteiger partial charge in [0.05, 0.1) is 10.9 Å². The molecule has 0 saturated carbocycles. The number of aliphatic carboxylic acids is 1. The van der Waals surface area contributed by atoms with E-state index >= 15 is 0 Å². The highest BCUT2D eigenvalue weighted by molar-refractivity contribution is 6.32. The van der Waals surface area contributed by atoms with Gasteiger partial charge in [-0.2, -0.15) is 0 Å². The van der Waals surface area contributed by atoms with Crippen LogP contribution in [0.2, 0.25) is 5.02 Å². The Bertz CT molecular complexity index is 619. The number of halogens is 1. The Labute approximate surface area is 145 Å². The molecular formula is C16H21ClN4O3. The van der Waals surface area contributed by atoms with Crippen molar-refractivity contribution in [1.29, 1.82) is 0 Å². The van der Waals surface area contributed by atoms with E-state index < -0.39 is 5.97 Å². The highest BCUT2D eigenvalue weighted by Gasteiger charge is 2.30. The van der Waals surface area contributed by atoms with Gasteiger partial charge < -0.3 is 20.2 Å². The number of carboxylic acids is 1. The number of hydrogen-bond donors (Lipinski definition) is 2. The van der Waals surface area contributed by atoms with Gasteiger partial charge in [0.2, 0.25) is 0 Å². The third-order valence-electron chi connectivity index (χ3n) is 4.69. The molecule has 0 spiro atoms. The molecule has 2 fully saturated rings. The Morgan fingerprint density at radius 2 is 2.00 bits per heavy atom. The van der Waals surface area contributed by atoms with E-state index in [4.69, 9.17) is 16.7 Å². The fourth-order valence-corrected chi connectivity index (χ4v) is 3.52. The first-order valence-corrected chi connectivity index (χ1v) is 8.56. The number of carbonyl (C=O) groups is 2. The maximum Gasteiger partial charge on any atom is 0.317 e. The van der Waals surface area contributed by atoms with E-state index in [1.807, 2.05) is 6.07 Å². The van der Waals surface area contributed by atoms with Crippen LogP contribution < -0.4 is 10.2 Å². The third kappa shape index (κ3) is 3.72. The minimum atomic E-state index is -0.770. The largest absolute Gasteiger partial charge is 0.481 e. The molecule has 1 aromatic rings. The van der Waals surface area contributed by atoms with Crippen LogP contribution in [0.3, 0.4) is 0 Å². The van der Waals surface area contributed by atoms with Crippen LogP contribution in [0, 0.1) is 5.92 Å². The maximum atomic E-state index is 12.3. The molecule has 7 nitrogen and oxygen atoms in total. The van der Waals surface area contributed by atoms with Crippen molar-refractivity contribution in [1.82, 2.24) is 15.2 Å². The van der Waals surface area contributed by atoms with Gasteiger partial charge in [0.25, 0.3) is 0 Å². The second-order valence-electron chi connectivity index (χ2n) is 6.29. The van der Waals surface area contributed by atoms with Crippen molar-refractivity contribution in [2.45, 2.75) is 25.3 Å². The molecule has 2 N–H and O–H groups in total. The number of pyridine rings is 1. The number of hydrogen-bond acceptors (Lipinski definition) is 4. The van der Waals surface area contributed by atoms with E-state index in [1.165, 1.54) is 0 Å². The predicted octanol–water partition coefficient (Wildman–Crippen LogP) is 1.82. The molecule has 0 radical (unpaired) electrons. The summed E-state index contributed by atoms with van der Waals surface area (Å²) in [6, 6.07) is 3.54. The third-order valence-corrected chi connectivity index (χ3v) is 4.98. The van der Waals surface area contributed by atoms with Crippen molar-refractivity contribution >= 4 is 29.4 Å². The summed E-state index contributed by atoms with van der Waals surface area (Å²) in [5.74, 6) is -0.353. The van der Waals surface area contributed by atoms with Gasteiger partial charge >= 0.3 is 12.0 Å². The van der Waals surface area contributed by atoms with Crippen LogP contribution >= 0.6 is 11.6 Å². The fraction of sp³-hybridized carbons (Fsp3) is 0.562. The summed E-state index contributed by atoms with van der Waals surface area (Å²) in [7, 11) is 0. The normalized spacial score (nSPS) is 21.8. The number of carbonyl (C=O) groups excluding carboxylic acids is 1. The quantitative estimate of drug-likeness (QED) is 0.866. The molecule has 2 saturated heterocycles. The number of likely N-dealkylation sites (tertiary alicyclic amines) is 1. The zero-order valence-corrected chi connectivity index (χ0v) is 14.1. The SMILES string of the molecule is O=C(O)C1CCN(C(=O)NC2CCN(c3ncccc3Cl)C2)CC1. The summed E-state index contributed by atoms with van der Waals surface area (Å²) in [4.78, 5) is 31.4. The molecule has 3 heterocycles. The van der Waals surface area contributed by atoms with Crippen LogP contribution in [0.15, 0.2) is 18.3 Å². The molecule has 8 heteroatoms. The standard InChI is InChI=1S/C16H21ClN4O3/c17-13-2-1-6-18-14(13)21-9-5-12(10-21)19-16(24)20-7-3-11(4-8-20)15(22)23/h1-2,6,11-12H,3-5,7-10H2,(H,19,24)(H,22,23). The Hall–Kier alpha value is -2.02. The number of nitrogens with zero attached hydrogens (tertiary/aromatic N) is 3. The number of anilines is 1. The number of amides is 2. The molecule has 0 aromatic carbocycles. The van der Waals surface area contributed by atoms with Gasteiger partial charge in [-0.25, -0.2) is 9.78 Å². The minimum absolute atomic E-state index is 0.0489. The molecule has 1 atom stereocenters. The molecule has 2 aliphatic heterocycles. The van der Waals surface area contributed by atoms with Crippen LogP contribution in [0.1, 0.15) is 19.3 Å². The van der Waals surface area contributed by atoms with E-state index in [-0.39, 0.29) is 18.0 Å². The molecule has 2 amide bonds. The first-order valence-electron chi connectivity index (χ1n) is 8.18. The number of carboxylic acid groups (broad SMARTS) is 1. The minimum Gasteiger partial charge on any atom is -0.481 e. The first-order chi connectivity index (χ1) is 11.5. The second kappa shape index (κ2) is 7.25. The summed E-state index contributed by atoms with van der Waals surface area (Å²) in [5, 5.41) is 12.7. The summed E-state index contributed by atoms with van der Waals surface area (Å²) in [6.07, 6.45) is 3.58. The second-order valence-corrected chi connectivity index (χ2v) is 6.70. The lowest BCUT2D eigenvalue weighted by atomic mass is 9.97. The maximum absolute atomic E-state index is 12.3. The first kappa shape index (κ1) is 16.8. The van der Waals surface area contributed by atoms with E-state index in [9.17, 15) is 9.59 Å². The van der Waals surface area contributed by atoms with E-state index in [2.05, 4.69) is 15.2 Å². The van der Waals surface area contributed by atoms with Crippen LogP contribution in [0.25, 0.3) is 0 Å². The number of piperidine rings is 1. The van der Waals surface area contributed by atoms with Crippen LogP contribution in [0.4, 0.5) is 10.6 Å². The van der Waals surface area contributed by atoms with E-state index in [0.29, 0.717) is 37.5 Å². The molecular weight excluding hydrogens is 332 g/mol. The Morgan fingerprint density at radius 3 is 2.67 bits per heavy atom. The number of rotatable bonds is 3. The van der Waals surface area contributed by atoms with Gasteiger partial charge in [-0.15, -0.1) is 0 Å². The molecule has 130 valence electrons. The van der Waals surface area contributed by atoms with Gasteiger partial charge in [0.15, 0.2) is 0 Å². The summed E-state index contributed by atoms with van der Waals surface area (Å²) < 4.78 is 0. The molecule has 1 unspecified atom stereocenters.